The van der Waals surface area contributed by atoms with Crippen molar-refractivity contribution in [3.05, 3.63) is 63.0 Å². The van der Waals surface area contributed by atoms with E-state index in [4.69, 9.17) is 0 Å². The zero-order valence-corrected chi connectivity index (χ0v) is 16.9. The highest BCUT2D eigenvalue weighted by molar-refractivity contribution is 7.17. The van der Waals surface area contributed by atoms with E-state index in [2.05, 4.69) is 4.98 Å². The maximum absolute atomic E-state index is 13.9. The zero-order chi connectivity index (χ0) is 19.7. The van der Waals surface area contributed by atoms with Crippen LogP contribution in [0.15, 0.2) is 41.1 Å². The topological polar surface area (TPSA) is 53.5 Å². The Balaban J connectivity index is 1.43. The molecule has 4 rings (SSSR count). The van der Waals surface area contributed by atoms with Crippen molar-refractivity contribution in [1.82, 2.24) is 14.8 Å². The van der Waals surface area contributed by atoms with E-state index in [1.807, 2.05) is 23.8 Å². The summed E-state index contributed by atoms with van der Waals surface area (Å²) in [4.78, 5) is 34.0. The maximum Gasteiger partial charge on any atom is 0.265 e. The van der Waals surface area contributed by atoms with Crippen LogP contribution in [0.3, 0.4) is 0 Å². The van der Waals surface area contributed by atoms with Crippen molar-refractivity contribution in [1.29, 1.82) is 0 Å². The minimum absolute atomic E-state index is 0.0607. The molecule has 1 aliphatic rings. The molecule has 1 fully saturated rings. The quantitative estimate of drug-likeness (QED) is 0.652. The third-order valence-corrected chi connectivity index (χ3v) is 6.60. The monoisotopic (exact) mass is 415 g/mol. The third-order valence-electron chi connectivity index (χ3n) is 4.72. The number of hydrogen-bond acceptors (Lipinski definition) is 5. The van der Waals surface area contributed by atoms with Crippen LogP contribution in [0.2, 0.25) is 0 Å². The fourth-order valence-electron chi connectivity index (χ4n) is 3.17. The lowest BCUT2D eigenvalue weighted by molar-refractivity contribution is 0.0535. The zero-order valence-electron chi connectivity index (χ0n) is 15.2. The molecule has 1 aromatic carbocycles. The molecule has 1 saturated heterocycles. The highest BCUT2D eigenvalue weighted by atomic mass is 32.1. The van der Waals surface area contributed by atoms with Gasteiger partial charge in [0.1, 0.15) is 15.7 Å². The summed E-state index contributed by atoms with van der Waals surface area (Å²) >= 11 is 2.99. The number of nitrogens with zero attached hydrogens (tertiary/aromatic N) is 3. The van der Waals surface area contributed by atoms with Gasteiger partial charge in [0.2, 0.25) is 0 Å². The number of amides is 2. The average Bonchev–Trinajstić information content (AvgIpc) is 3.37. The first-order valence-electron chi connectivity index (χ1n) is 8.87. The van der Waals surface area contributed by atoms with Crippen LogP contribution >= 0.6 is 22.7 Å². The van der Waals surface area contributed by atoms with E-state index in [1.165, 1.54) is 23.5 Å². The summed E-state index contributed by atoms with van der Waals surface area (Å²) in [6.45, 7) is 3.45. The Labute approximate surface area is 170 Å². The van der Waals surface area contributed by atoms with Crippen molar-refractivity contribution in [2.24, 2.45) is 0 Å². The summed E-state index contributed by atoms with van der Waals surface area (Å²) in [5.41, 5.74) is 1.82. The molecule has 0 spiro atoms. The molecule has 5 nitrogen and oxygen atoms in total. The number of hydrogen-bond donors (Lipinski definition) is 0. The van der Waals surface area contributed by atoms with E-state index >= 15 is 0 Å². The van der Waals surface area contributed by atoms with Gasteiger partial charge in [0.25, 0.3) is 11.8 Å². The first-order valence-corrected chi connectivity index (χ1v) is 10.6. The highest BCUT2D eigenvalue weighted by Crippen LogP contribution is 2.30. The molecule has 0 unspecified atom stereocenters. The highest BCUT2D eigenvalue weighted by Gasteiger charge is 2.28. The number of piperazine rings is 1. The summed E-state index contributed by atoms with van der Waals surface area (Å²) in [6, 6.07) is 7.97. The van der Waals surface area contributed by atoms with E-state index in [1.54, 1.807) is 33.3 Å². The molecule has 0 bridgehead atoms. The van der Waals surface area contributed by atoms with Crippen LogP contribution in [-0.4, -0.2) is 52.8 Å². The first kappa shape index (κ1) is 18.8. The Morgan fingerprint density at radius 2 is 1.71 bits per heavy atom. The number of rotatable bonds is 3. The number of carbonyl (C=O) groups is 2. The maximum atomic E-state index is 13.9. The van der Waals surface area contributed by atoms with Gasteiger partial charge in [-0.05, 0) is 30.5 Å². The van der Waals surface area contributed by atoms with Gasteiger partial charge in [0.05, 0.1) is 11.3 Å². The van der Waals surface area contributed by atoms with E-state index in [-0.39, 0.29) is 17.4 Å². The van der Waals surface area contributed by atoms with Crippen LogP contribution in [-0.2, 0) is 0 Å². The van der Waals surface area contributed by atoms with Gasteiger partial charge in [0.15, 0.2) is 0 Å². The minimum atomic E-state index is -0.521. The average molecular weight is 416 g/mol. The van der Waals surface area contributed by atoms with Crippen molar-refractivity contribution in [2.45, 2.75) is 6.92 Å². The third kappa shape index (κ3) is 3.57. The van der Waals surface area contributed by atoms with Gasteiger partial charge in [-0.1, -0.05) is 12.1 Å². The lowest BCUT2D eigenvalue weighted by atomic mass is 10.1. The standard InChI is InChI=1S/C20H18FN3O2S2/c1-13-17(28-18(22-13)14-6-11-27-12-14)20(26)24-9-7-23(8-10-24)19(25)15-4-2-3-5-16(15)21/h2-6,11-12H,7-10H2,1H3. The van der Waals surface area contributed by atoms with Gasteiger partial charge in [-0.15, -0.1) is 11.3 Å². The summed E-state index contributed by atoms with van der Waals surface area (Å²) in [5.74, 6) is -0.916. The Kier molecular flexibility index (Phi) is 5.23. The van der Waals surface area contributed by atoms with Gasteiger partial charge in [-0.25, -0.2) is 9.37 Å². The first-order chi connectivity index (χ1) is 13.5. The van der Waals surface area contributed by atoms with Crippen molar-refractivity contribution in [3.8, 4) is 10.6 Å². The summed E-state index contributed by atoms with van der Waals surface area (Å²) in [6.07, 6.45) is 0. The van der Waals surface area contributed by atoms with Crippen LogP contribution in [0.4, 0.5) is 4.39 Å². The Bertz CT molecular complexity index is 1010. The molecule has 0 radical (unpaired) electrons. The molecule has 3 heterocycles. The van der Waals surface area contributed by atoms with Crippen molar-refractivity contribution >= 4 is 34.5 Å². The molecular formula is C20H18FN3O2S2. The lowest BCUT2D eigenvalue weighted by Crippen LogP contribution is -2.50. The SMILES string of the molecule is Cc1nc(-c2ccsc2)sc1C(=O)N1CCN(C(=O)c2ccccc2F)CC1. The number of aryl methyl sites for hydroxylation is 1. The number of thiophene rings is 1. The van der Waals surface area contributed by atoms with Crippen LogP contribution in [0, 0.1) is 12.7 Å². The molecule has 3 aromatic rings. The Morgan fingerprint density at radius 1 is 1.04 bits per heavy atom. The summed E-state index contributed by atoms with van der Waals surface area (Å²) in [5, 5.41) is 4.84. The van der Waals surface area contributed by atoms with Gasteiger partial charge in [-0.2, -0.15) is 11.3 Å². The second-order valence-corrected chi connectivity index (χ2v) is 8.29. The predicted molar refractivity (Wildman–Crippen MR) is 108 cm³/mol. The van der Waals surface area contributed by atoms with Gasteiger partial charge < -0.3 is 9.80 Å². The predicted octanol–water partition coefficient (Wildman–Crippen LogP) is 3.92. The molecule has 0 atom stereocenters. The molecule has 2 aromatic heterocycles. The molecule has 2 amide bonds. The molecule has 0 saturated carbocycles. The molecular weight excluding hydrogens is 397 g/mol. The smallest absolute Gasteiger partial charge is 0.265 e. The van der Waals surface area contributed by atoms with Gasteiger partial charge in [0, 0.05) is 37.1 Å². The van der Waals surface area contributed by atoms with E-state index in [0.717, 1.165) is 16.3 Å². The fraction of sp³-hybridized carbons (Fsp3) is 0.250. The van der Waals surface area contributed by atoms with Crippen LogP contribution in [0.1, 0.15) is 25.7 Å². The molecule has 8 heteroatoms. The number of aromatic nitrogens is 1. The second kappa shape index (κ2) is 7.81. The largest absolute Gasteiger partial charge is 0.335 e. The molecule has 144 valence electrons. The van der Waals surface area contributed by atoms with E-state index in [9.17, 15) is 14.0 Å². The van der Waals surface area contributed by atoms with E-state index < -0.39 is 5.82 Å². The number of benzene rings is 1. The molecule has 1 aliphatic heterocycles. The summed E-state index contributed by atoms with van der Waals surface area (Å²) < 4.78 is 13.9. The molecule has 0 N–H and O–H groups in total. The molecule has 0 aliphatic carbocycles. The second-order valence-electron chi connectivity index (χ2n) is 6.51. The summed E-state index contributed by atoms with van der Waals surface area (Å²) in [7, 11) is 0. The lowest BCUT2D eigenvalue weighted by Gasteiger charge is -2.34. The van der Waals surface area contributed by atoms with Crippen LogP contribution < -0.4 is 0 Å². The van der Waals surface area contributed by atoms with Crippen LogP contribution in [0.25, 0.3) is 10.6 Å². The Hall–Kier alpha value is -2.58. The Morgan fingerprint density at radius 3 is 2.36 bits per heavy atom. The van der Waals surface area contributed by atoms with Gasteiger partial charge in [-0.3, -0.25) is 9.59 Å². The van der Waals surface area contributed by atoms with Crippen molar-refractivity contribution in [2.75, 3.05) is 26.2 Å². The number of thiazole rings is 1. The van der Waals surface area contributed by atoms with Crippen molar-refractivity contribution in [3.63, 3.8) is 0 Å². The molecule has 28 heavy (non-hydrogen) atoms. The normalized spacial score (nSPS) is 14.4. The fourth-order valence-corrected chi connectivity index (χ4v) is 4.91. The number of halogens is 1. The van der Waals surface area contributed by atoms with Crippen molar-refractivity contribution < 1.29 is 14.0 Å². The number of carbonyl (C=O) groups excluding carboxylic acids is 2. The van der Waals surface area contributed by atoms with E-state index in [0.29, 0.717) is 31.1 Å². The van der Waals surface area contributed by atoms with Crippen LogP contribution in [0.5, 0.6) is 0 Å². The minimum Gasteiger partial charge on any atom is -0.335 e. The van der Waals surface area contributed by atoms with Gasteiger partial charge >= 0.3 is 0 Å².